The molecule has 2 atom stereocenters. The van der Waals surface area contributed by atoms with Gasteiger partial charge in [0.25, 0.3) is 5.91 Å². The van der Waals surface area contributed by atoms with Crippen molar-refractivity contribution in [3.63, 3.8) is 0 Å². The first kappa shape index (κ1) is 20.7. The smallest absolute Gasteiger partial charge is 0.347 e. The number of piperidine rings is 1. The van der Waals surface area contributed by atoms with E-state index in [-0.39, 0.29) is 33.6 Å². The molecule has 0 spiro atoms. The number of hydrogen-bond donors (Lipinski definition) is 3. The molecular weight excluding hydrogens is 451 g/mol. The molecule has 0 aromatic carbocycles. The van der Waals surface area contributed by atoms with Crippen LogP contribution in [0, 0.1) is 6.92 Å². The predicted molar refractivity (Wildman–Crippen MR) is 114 cm³/mol. The minimum absolute atomic E-state index is 0.132. The molecule has 1 saturated heterocycles. The van der Waals surface area contributed by atoms with E-state index < -0.39 is 5.97 Å². The van der Waals surface area contributed by atoms with Gasteiger partial charge in [-0.25, -0.2) is 14.8 Å². The lowest BCUT2D eigenvalue weighted by molar-refractivity contribution is 0.0701. The molecule has 3 aromatic heterocycles. The molecule has 3 aromatic rings. The standard InChI is InChI=1S/C18H18Cl2N6O3S/c1-9-13(19)14(20)15(23-9)16(27)24-10-2-4-25(7-11(10)26-5-3-21-8-26)18-22-6-12(30-18)17(28)29/h3,5-6,8,10-11,23H,2,4,7H2,1H3,(H,24,27)(H,28,29). The number of amides is 1. The number of aromatic nitrogens is 4. The van der Waals surface area contributed by atoms with Crippen LogP contribution >= 0.6 is 34.5 Å². The van der Waals surface area contributed by atoms with Crippen LogP contribution in [0.2, 0.25) is 10.0 Å². The first-order chi connectivity index (χ1) is 14.3. The van der Waals surface area contributed by atoms with Gasteiger partial charge < -0.3 is 24.9 Å². The Morgan fingerprint density at radius 1 is 1.37 bits per heavy atom. The zero-order valence-corrected chi connectivity index (χ0v) is 18.1. The summed E-state index contributed by atoms with van der Waals surface area (Å²) in [5.41, 5.74) is 0.864. The molecule has 0 radical (unpaired) electrons. The third-order valence-corrected chi connectivity index (χ3v) is 7.06. The maximum atomic E-state index is 12.8. The quantitative estimate of drug-likeness (QED) is 0.529. The number of anilines is 1. The van der Waals surface area contributed by atoms with Crippen molar-refractivity contribution in [1.29, 1.82) is 0 Å². The number of carboxylic acid groups (broad SMARTS) is 1. The summed E-state index contributed by atoms with van der Waals surface area (Å²) in [6, 6.07) is -0.326. The molecule has 0 bridgehead atoms. The number of halogens is 2. The predicted octanol–water partition coefficient (Wildman–Crippen LogP) is 3.23. The Bertz CT molecular complexity index is 1080. The molecule has 30 heavy (non-hydrogen) atoms. The van der Waals surface area contributed by atoms with E-state index in [2.05, 4.69) is 20.3 Å². The second-order valence-corrected chi connectivity index (χ2v) is 8.72. The topological polar surface area (TPSA) is 116 Å². The summed E-state index contributed by atoms with van der Waals surface area (Å²) in [4.78, 5) is 37.5. The highest BCUT2D eigenvalue weighted by molar-refractivity contribution is 7.17. The zero-order valence-electron chi connectivity index (χ0n) is 15.8. The Hall–Kier alpha value is -2.56. The van der Waals surface area contributed by atoms with Gasteiger partial charge in [-0.15, -0.1) is 0 Å². The van der Waals surface area contributed by atoms with E-state index in [4.69, 9.17) is 28.3 Å². The van der Waals surface area contributed by atoms with Crippen LogP contribution in [0.1, 0.15) is 38.3 Å². The number of imidazole rings is 1. The molecule has 12 heteroatoms. The number of rotatable bonds is 5. The summed E-state index contributed by atoms with van der Waals surface area (Å²) in [5, 5.41) is 13.4. The van der Waals surface area contributed by atoms with Crippen molar-refractivity contribution in [1.82, 2.24) is 24.8 Å². The lowest BCUT2D eigenvalue weighted by atomic mass is 9.99. The number of H-pyrrole nitrogens is 1. The number of hydrogen-bond acceptors (Lipinski definition) is 6. The highest BCUT2D eigenvalue weighted by Crippen LogP contribution is 2.32. The monoisotopic (exact) mass is 468 g/mol. The third kappa shape index (κ3) is 3.90. The van der Waals surface area contributed by atoms with Gasteiger partial charge in [-0.1, -0.05) is 34.5 Å². The van der Waals surface area contributed by atoms with E-state index in [0.29, 0.717) is 35.4 Å². The van der Waals surface area contributed by atoms with Gasteiger partial charge >= 0.3 is 5.97 Å². The van der Waals surface area contributed by atoms with Crippen LogP contribution in [0.3, 0.4) is 0 Å². The normalized spacial score (nSPS) is 19.1. The number of nitrogens with zero attached hydrogens (tertiary/aromatic N) is 4. The number of nitrogens with one attached hydrogen (secondary N) is 2. The molecule has 4 heterocycles. The van der Waals surface area contributed by atoms with Crippen LogP contribution in [0.25, 0.3) is 0 Å². The van der Waals surface area contributed by atoms with E-state index in [1.807, 2.05) is 15.7 Å². The summed E-state index contributed by atoms with van der Waals surface area (Å²) in [6.45, 7) is 2.89. The van der Waals surface area contributed by atoms with Crippen LogP contribution in [0.5, 0.6) is 0 Å². The van der Waals surface area contributed by atoms with Crippen LogP contribution in [0.4, 0.5) is 5.13 Å². The van der Waals surface area contributed by atoms with Gasteiger partial charge in [0.2, 0.25) is 0 Å². The zero-order chi connectivity index (χ0) is 21.4. The number of aryl methyl sites for hydroxylation is 1. The molecular formula is C18H18Cl2N6O3S. The maximum absolute atomic E-state index is 12.8. The SMILES string of the molecule is Cc1[nH]c(C(=O)NC2CCN(c3ncc(C(=O)O)s3)CC2n2ccnc2)c(Cl)c1Cl. The Balaban J connectivity index is 1.55. The first-order valence-electron chi connectivity index (χ1n) is 9.11. The van der Waals surface area contributed by atoms with E-state index in [0.717, 1.165) is 11.3 Å². The Kier molecular flexibility index (Phi) is 5.72. The molecule has 0 saturated carbocycles. The largest absolute Gasteiger partial charge is 0.477 e. The average molecular weight is 469 g/mol. The van der Waals surface area contributed by atoms with Gasteiger partial charge in [0, 0.05) is 31.2 Å². The number of thiazole rings is 1. The Labute approximate surface area is 185 Å². The highest BCUT2D eigenvalue weighted by atomic mass is 35.5. The van der Waals surface area contributed by atoms with Gasteiger partial charge in [0.1, 0.15) is 10.6 Å². The third-order valence-electron chi connectivity index (χ3n) is 5.06. The van der Waals surface area contributed by atoms with Gasteiger partial charge in [-0.3, -0.25) is 4.79 Å². The molecule has 1 aliphatic rings. The number of carboxylic acids is 1. The van der Waals surface area contributed by atoms with E-state index in [9.17, 15) is 9.59 Å². The lowest BCUT2D eigenvalue weighted by Gasteiger charge is -2.39. The van der Waals surface area contributed by atoms with Crippen molar-refractivity contribution >= 4 is 51.5 Å². The number of carbonyl (C=O) groups is 2. The second kappa shape index (κ2) is 8.29. The van der Waals surface area contributed by atoms with Crippen molar-refractivity contribution < 1.29 is 14.7 Å². The molecule has 2 unspecified atom stereocenters. The van der Waals surface area contributed by atoms with Crippen LogP contribution in [0.15, 0.2) is 24.9 Å². The van der Waals surface area contributed by atoms with Gasteiger partial charge in [-0.05, 0) is 13.3 Å². The molecule has 0 aliphatic carbocycles. The summed E-state index contributed by atoms with van der Waals surface area (Å²) in [5.74, 6) is -1.33. The first-order valence-corrected chi connectivity index (χ1v) is 10.7. The number of carbonyl (C=O) groups excluding carboxylic acids is 1. The van der Waals surface area contributed by atoms with Crippen LogP contribution in [-0.2, 0) is 0 Å². The van der Waals surface area contributed by atoms with Crippen molar-refractivity contribution in [2.24, 2.45) is 0 Å². The minimum Gasteiger partial charge on any atom is -0.477 e. The van der Waals surface area contributed by atoms with Crippen molar-refractivity contribution in [3.8, 4) is 0 Å². The van der Waals surface area contributed by atoms with Gasteiger partial charge in [0.05, 0.1) is 34.7 Å². The van der Waals surface area contributed by atoms with E-state index in [1.54, 1.807) is 19.4 Å². The van der Waals surface area contributed by atoms with Crippen molar-refractivity contribution in [3.05, 3.63) is 51.2 Å². The van der Waals surface area contributed by atoms with E-state index in [1.165, 1.54) is 6.20 Å². The second-order valence-electron chi connectivity index (χ2n) is 6.96. The molecule has 1 fully saturated rings. The Morgan fingerprint density at radius 2 is 2.17 bits per heavy atom. The van der Waals surface area contributed by atoms with Crippen molar-refractivity contribution in [2.45, 2.75) is 25.4 Å². The van der Waals surface area contributed by atoms with Crippen molar-refractivity contribution in [2.75, 3.05) is 18.0 Å². The van der Waals surface area contributed by atoms with Gasteiger partial charge in [0.15, 0.2) is 5.13 Å². The molecule has 1 amide bonds. The van der Waals surface area contributed by atoms with Crippen LogP contribution in [-0.4, -0.2) is 55.6 Å². The summed E-state index contributed by atoms with van der Waals surface area (Å²) in [7, 11) is 0. The fraction of sp³-hybridized carbons (Fsp3) is 0.333. The van der Waals surface area contributed by atoms with E-state index >= 15 is 0 Å². The molecule has 1 aliphatic heterocycles. The maximum Gasteiger partial charge on any atom is 0.347 e. The molecule has 4 rings (SSSR count). The number of aromatic carboxylic acids is 1. The average Bonchev–Trinajstić information content (AvgIpc) is 3.46. The fourth-order valence-corrected chi connectivity index (χ4v) is 4.73. The fourth-order valence-electron chi connectivity index (χ4n) is 3.52. The minimum atomic E-state index is -0.996. The molecule has 9 nitrogen and oxygen atoms in total. The lowest BCUT2D eigenvalue weighted by Crippen LogP contribution is -2.51. The number of aromatic amines is 1. The molecule has 3 N–H and O–H groups in total. The summed E-state index contributed by atoms with van der Waals surface area (Å²) < 4.78 is 1.93. The summed E-state index contributed by atoms with van der Waals surface area (Å²) >= 11 is 13.4. The van der Waals surface area contributed by atoms with Crippen LogP contribution < -0.4 is 10.2 Å². The summed E-state index contributed by atoms with van der Waals surface area (Å²) in [6.07, 6.45) is 7.19. The highest BCUT2D eigenvalue weighted by Gasteiger charge is 2.34. The van der Waals surface area contributed by atoms with Gasteiger partial charge in [-0.2, -0.15) is 0 Å². The Morgan fingerprint density at radius 3 is 2.77 bits per heavy atom. The molecule has 158 valence electrons.